The first-order chi connectivity index (χ1) is 14.0. The summed E-state index contributed by atoms with van der Waals surface area (Å²) in [6.45, 7) is 4.60. The van der Waals surface area contributed by atoms with Crippen LogP contribution in [0.2, 0.25) is 0 Å². The monoisotopic (exact) mass is 405 g/mol. The van der Waals surface area contributed by atoms with E-state index in [-0.39, 0.29) is 32.0 Å². The predicted octanol–water partition coefficient (Wildman–Crippen LogP) is 1.56. The van der Waals surface area contributed by atoms with Gasteiger partial charge in [0.05, 0.1) is 32.5 Å². The molecule has 0 radical (unpaired) electrons. The van der Waals surface area contributed by atoms with E-state index in [0.717, 1.165) is 18.4 Å². The normalized spacial score (nSPS) is 29.3. The molecule has 1 amide bonds. The van der Waals surface area contributed by atoms with Crippen LogP contribution >= 0.6 is 0 Å². The SMILES string of the molecule is C=CCO[C@H]1C[C@](OCc2cccc(OC)c2)(C(=O)NCC2CC2)C[C@@H](O)[C@H]1O. The Balaban J connectivity index is 1.77. The van der Waals surface area contributed by atoms with Gasteiger partial charge in [0, 0.05) is 19.4 Å². The molecule has 1 aromatic rings. The van der Waals surface area contributed by atoms with Gasteiger partial charge in [-0.25, -0.2) is 0 Å². The molecule has 7 nitrogen and oxygen atoms in total. The second-order valence-corrected chi connectivity index (χ2v) is 7.91. The fraction of sp³-hybridized carbons (Fsp3) is 0.591. The van der Waals surface area contributed by atoms with Gasteiger partial charge in [0.2, 0.25) is 0 Å². The Bertz CT molecular complexity index is 706. The quantitative estimate of drug-likeness (QED) is 0.511. The molecule has 2 fully saturated rings. The van der Waals surface area contributed by atoms with Crippen molar-refractivity contribution in [3.8, 4) is 5.75 Å². The smallest absolute Gasteiger partial charge is 0.252 e. The van der Waals surface area contributed by atoms with Crippen LogP contribution in [-0.2, 0) is 20.9 Å². The van der Waals surface area contributed by atoms with Crippen molar-refractivity contribution in [2.45, 2.75) is 56.2 Å². The van der Waals surface area contributed by atoms with Crippen LogP contribution in [0.25, 0.3) is 0 Å². The first-order valence-electron chi connectivity index (χ1n) is 10.1. The van der Waals surface area contributed by atoms with Crippen molar-refractivity contribution >= 4 is 5.91 Å². The predicted molar refractivity (Wildman–Crippen MR) is 107 cm³/mol. The molecule has 0 bridgehead atoms. The number of hydrogen-bond acceptors (Lipinski definition) is 6. The largest absolute Gasteiger partial charge is 0.497 e. The highest BCUT2D eigenvalue weighted by molar-refractivity contribution is 5.85. The molecule has 2 aliphatic rings. The zero-order chi connectivity index (χ0) is 20.9. The first-order valence-corrected chi connectivity index (χ1v) is 10.1. The van der Waals surface area contributed by atoms with E-state index in [1.165, 1.54) is 0 Å². The van der Waals surface area contributed by atoms with Crippen molar-refractivity contribution in [3.05, 3.63) is 42.5 Å². The van der Waals surface area contributed by atoms with Crippen molar-refractivity contribution in [1.82, 2.24) is 5.32 Å². The molecule has 7 heteroatoms. The molecule has 0 aromatic heterocycles. The Kier molecular flexibility index (Phi) is 7.29. The Labute approximate surface area is 171 Å². The second kappa shape index (κ2) is 9.71. The molecule has 0 unspecified atom stereocenters. The Hall–Kier alpha value is -1.93. The van der Waals surface area contributed by atoms with Crippen LogP contribution in [-0.4, -0.2) is 60.3 Å². The fourth-order valence-electron chi connectivity index (χ4n) is 3.66. The average Bonchev–Trinajstić information content (AvgIpc) is 3.56. The van der Waals surface area contributed by atoms with Crippen LogP contribution in [0.15, 0.2) is 36.9 Å². The lowest BCUT2D eigenvalue weighted by Gasteiger charge is -2.43. The number of benzene rings is 1. The van der Waals surface area contributed by atoms with Crippen molar-refractivity contribution < 1.29 is 29.2 Å². The molecule has 0 aliphatic heterocycles. The van der Waals surface area contributed by atoms with Crippen molar-refractivity contribution in [2.75, 3.05) is 20.3 Å². The van der Waals surface area contributed by atoms with E-state index < -0.39 is 23.9 Å². The number of ether oxygens (including phenoxy) is 3. The number of nitrogens with one attached hydrogen (secondary N) is 1. The van der Waals surface area contributed by atoms with Gasteiger partial charge in [-0.3, -0.25) is 4.79 Å². The summed E-state index contributed by atoms with van der Waals surface area (Å²) in [6, 6.07) is 7.42. The number of carbonyl (C=O) groups is 1. The summed E-state index contributed by atoms with van der Waals surface area (Å²) in [5, 5.41) is 23.8. The van der Waals surface area contributed by atoms with Gasteiger partial charge in [-0.1, -0.05) is 18.2 Å². The van der Waals surface area contributed by atoms with E-state index in [9.17, 15) is 15.0 Å². The summed E-state index contributed by atoms with van der Waals surface area (Å²) < 4.78 is 17.0. The lowest BCUT2D eigenvalue weighted by molar-refractivity contribution is -0.196. The molecule has 160 valence electrons. The maximum absolute atomic E-state index is 13.1. The molecular formula is C22H31NO6. The van der Waals surface area contributed by atoms with Gasteiger partial charge in [-0.05, 0) is 36.5 Å². The van der Waals surface area contributed by atoms with Gasteiger partial charge in [0.25, 0.3) is 5.91 Å². The molecule has 29 heavy (non-hydrogen) atoms. The van der Waals surface area contributed by atoms with Gasteiger partial charge in [0.1, 0.15) is 11.9 Å². The molecule has 2 aliphatic carbocycles. The number of amides is 1. The number of aliphatic hydroxyl groups excluding tert-OH is 2. The lowest BCUT2D eigenvalue weighted by Crippen LogP contribution is -2.60. The maximum Gasteiger partial charge on any atom is 0.252 e. The summed E-state index contributed by atoms with van der Waals surface area (Å²) in [6.07, 6.45) is 1.01. The maximum atomic E-state index is 13.1. The van der Waals surface area contributed by atoms with Crippen LogP contribution in [0.3, 0.4) is 0 Å². The molecule has 3 N–H and O–H groups in total. The van der Waals surface area contributed by atoms with Crippen LogP contribution < -0.4 is 10.1 Å². The van der Waals surface area contributed by atoms with E-state index in [1.54, 1.807) is 13.2 Å². The van der Waals surface area contributed by atoms with E-state index in [2.05, 4.69) is 11.9 Å². The molecule has 0 saturated heterocycles. The van der Waals surface area contributed by atoms with Crippen LogP contribution in [0, 0.1) is 5.92 Å². The fourth-order valence-corrected chi connectivity index (χ4v) is 3.66. The molecule has 4 atom stereocenters. The minimum absolute atomic E-state index is 0.00256. The average molecular weight is 405 g/mol. The summed E-state index contributed by atoms with van der Waals surface area (Å²) in [4.78, 5) is 13.1. The molecule has 0 heterocycles. The van der Waals surface area contributed by atoms with Gasteiger partial charge >= 0.3 is 0 Å². The number of aliphatic hydroxyl groups is 2. The van der Waals surface area contributed by atoms with Crippen molar-refractivity contribution in [2.24, 2.45) is 5.92 Å². The van der Waals surface area contributed by atoms with E-state index in [0.29, 0.717) is 18.2 Å². The summed E-state index contributed by atoms with van der Waals surface area (Å²) in [5.74, 6) is 0.941. The minimum atomic E-state index is -1.29. The standard InChI is InChI=1S/C22H31NO6/c1-3-9-28-19-12-22(11-18(24)20(19)25,21(26)23-13-15-7-8-15)29-14-16-5-4-6-17(10-16)27-2/h3-6,10,15,18-20,24-25H,1,7-9,11-14H2,2H3,(H,23,26)/t18-,19+,20-,22+/m1/s1. The third kappa shape index (κ3) is 5.57. The Morgan fingerprint density at radius 3 is 2.83 bits per heavy atom. The zero-order valence-corrected chi connectivity index (χ0v) is 16.9. The van der Waals surface area contributed by atoms with Crippen LogP contribution in [0.5, 0.6) is 5.75 Å². The van der Waals surface area contributed by atoms with Crippen LogP contribution in [0.4, 0.5) is 0 Å². The molecule has 3 rings (SSSR count). The lowest BCUT2D eigenvalue weighted by atomic mass is 9.78. The third-order valence-electron chi connectivity index (χ3n) is 5.58. The zero-order valence-electron chi connectivity index (χ0n) is 16.9. The molecule has 0 spiro atoms. The van der Waals surface area contributed by atoms with Gasteiger partial charge < -0.3 is 29.7 Å². The Morgan fingerprint density at radius 2 is 2.14 bits per heavy atom. The van der Waals surface area contributed by atoms with Crippen molar-refractivity contribution in [1.29, 1.82) is 0 Å². The number of hydrogen-bond donors (Lipinski definition) is 3. The van der Waals surface area contributed by atoms with Gasteiger partial charge in [-0.2, -0.15) is 0 Å². The molecular weight excluding hydrogens is 374 g/mol. The number of rotatable bonds is 10. The highest BCUT2D eigenvalue weighted by Crippen LogP contribution is 2.36. The first kappa shape index (κ1) is 21.8. The van der Waals surface area contributed by atoms with E-state index in [1.807, 2.05) is 24.3 Å². The van der Waals surface area contributed by atoms with Crippen LogP contribution in [0.1, 0.15) is 31.2 Å². The molecule has 2 saturated carbocycles. The van der Waals surface area contributed by atoms with E-state index >= 15 is 0 Å². The second-order valence-electron chi connectivity index (χ2n) is 7.91. The number of carbonyl (C=O) groups excluding carboxylic acids is 1. The summed E-state index contributed by atoms with van der Waals surface area (Å²) >= 11 is 0. The van der Waals surface area contributed by atoms with Gasteiger partial charge in [0.15, 0.2) is 5.60 Å². The summed E-state index contributed by atoms with van der Waals surface area (Å²) in [5.41, 5.74) is -0.439. The minimum Gasteiger partial charge on any atom is -0.497 e. The highest BCUT2D eigenvalue weighted by Gasteiger charge is 2.51. The topological polar surface area (TPSA) is 97.3 Å². The Morgan fingerprint density at radius 1 is 1.34 bits per heavy atom. The third-order valence-corrected chi connectivity index (χ3v) is 5.58. The van der Waals surface area contributed by atoms with Gasteiger partial charge in [-0.15, -0.1) is 6.58 Å². The van der Waals surface area contributed by atoms with E-state index in [4.69, 9.17) is 14.2 Å². The number of methoxy groups -OCH3 is 1. The summed E-state index contributed by atoms with van der Waals surface area (Å²) in [7, 11) is 1.59. The van der Waals surface area contributed by atoms with Crippen molar-refractivity contribution in [3.63, 3.8) is 0 Å². The highest BCUT2D eigenvalue weighted by atomic mass is 16.5. The molecule has 1 aromatic carbocycles.